The molecule has 0 radical (unpaired) electrons. The van der Waals surface area contributed by atoms with Crippen molar-refractivity contribution < 1.29 is 14.8 Å². The Morgan fingerprint density at radius 3 is 2.68 bits per heavy atom. The Balaban J connectivity index is 3.22. The molecule has 1 N–H and O–H groups in total. The summed E-state index contributed by atoms with van der Waals surface area (Å²) < 4.78 is 0. The maximum absolute atomic E-state index is 11.1. The van der Waals surface area contributed by atoms with Gasteiger partial charge < -0.3 is 10.0 Å². The molecule has 0 fully saturated rings. The number of nitro groups is 1. The van der Waals surface area contributed by atoms with Crippen LogP contribution in [-0.4, -0.2) is 29.1 Å². The molecular weight excluding hydrogens is 250 g/mol. The smallest absolute Gasteiger partial charge is 0.326 e. The van der Waals surface area contributed by atoms with Crippen molar-refractivity contribution in [2.75, 3.05) is 11.9 Å². The molecule has 1 rings (SSSR count). The van der Waals surface area contributed by atoms with Gasteiger partial charge in [0.1, 0.15) is 17.7 Å². The Hall–Kier alpha value is -2.62. The van der Waals surface area contributed by atoms with E-state index in [0.29, 0.717) is 12.1 Å². The van der Waals surface area contributed by atoms with Gasteiger partial charge in [0.25, 0.3) is 5.69 Å². The van der Waals surface area contributed by atoms with E-state index in [1.54, 1.807) is 20.0 Å². The summed E-state index contributed by atoms with van der Waals surface area (Å²) in [7, 11) is 1.55. The predicted octanol–water partition coefficient (Wildman–Crippen LogP) is 1.77. The predicted molar refractivity (Wildman–Crippen MR) is 67.9 cm³/mol. The van der Waals surface area contributed by atoms with E-state index in [1.165, 1.54) is 23.1 Å². The van der Waals surface area contributed by atoms with Gasteiger partial charge in [-0.2, -0.15) is 5.26 Å². The minimum absolute atomic E-state index is 0.0504. The molecule has 7 nitrogen and oxygen atoms in total. The minimum atomic E-state index is -1.00. The van der Waals surface area contributed by atoms with E-state index in [1.807, 2.05) is 0 Å². The molecule has 0 amide bonds. The lowest BCUT2D eigenvalue weighted by Crippen LogP contribution is -2.37. The zero-order chi connectivity index (χ0) is 14.6. The molecule has 0 aliphatic heterocycles. The lowest BCUT2D eigenvalue weighted by Gasteiger charge is -2.25. The fourth-order valence-corrected chi connectivity index (χ4v) is 1.78. The number of rotatable bonds is 5. The summed E-state index contributed by atoms with van der Waals surface area (Å²) in [6.07, 6.45) is 0.361. The molecule has 0 aliphatic carbocycles. The normalized spacial score (nSPS) is 11.4. The van der Waals surface area contributed by atoms with Crippen LogP contribution in [0, 0.1) is 21.4 Å². The standard InChI is InChI=1S/C12H13N3O4/c1-3-10(12(16)17)14(2)9-5-4-8(7-13)11(6-9)15(18)19/h4-6,10H,3H2,1-2H3,(H,16,17). The van der Waals surface area contributed by atoms with E-state index in [2.05, 4.69) is 0 Å². The summed E-state index contributed by atoms with van der Waals surface area (Å²) >= 11 is 0. The van der Waals surface area contributed by atoms with Gasteiger partial charge in [0.05, 0.1) is 4.92 Å². The summed E-state index contributed by atoms with van der Waals surface area (Å²) in [5.41, 5.74) is 0.0116. The van der Waals surface area contributed by atoms with E-state index >= 15 is 0 Å². The zero-order valence-electron chi connectivity index (χ0n) is 10.5. The number of anilines is 1. The number of hydrogen-bond donors (Lipinski definition) is 1. The summed E-state index contributed by atoms with van der Waals surface area (Å²) in [4.78, 5) is 22.7. The SMILES string of the molecule is CCC(C(=O)O)N(C)c1ccc(C#N)c([N+](=O)[O-])c1. The number of nitrogens with zero attached hydrogens (tertiary/aromatic N) is 3. The molecule has 0 saturated heterocycles. The Kier molecular flexibility index (Phi) is 4.42. The summed E-state index contributed by atoms with van der Waals surface area (Å²) in [5.74, 6) is -1.00. The highest BCUT2D eigenvalue weighted by Gasteiger charge is 2.23. The van der Waals surface area contributed by atoms with Crippen LogP contribution in [0.3, 0.4) is 0 Å². The van der Waals surface area contributed by atoms with E-state index in [9.17, 15) is 14.9 Å². The number of carboxylic acid groups (broad SMARTS) is 1. The van der Waals surface area contributed by atoms with Crippen LogP contribution >= 0.6 is 0 Å². The third-order valence-electron chi connectivity index (χ3n) is 2.85. The maximum Gasteiger partial charge on any atom is 0.326 e. The number of nitriles is 1. The van der Waals surface area contributed by atoms with Crippen molar-refractivity contribution >= 4 is 17.3 Å². The fourth-order valence-electron chi connectivity index (χ4n) is 1.78. The first-order chi connectivity index (χ1) is 8.92. The van der Waals surface area contributed by atoms with Gasteiger partial charge in [-0.1, -0.05) is 6.92 Å². The average molecular weight is 263 g/mol. The van der Waals surface area contributed by atoms with Crippen molar-refractivity contribution in [3.8, 4) is 6.07 Å². The van der Waals surface area contributed by atoms with Crippen LogP contribution in [0.15, 0.2) is 18.2 Å². The lowest BCUT2D eigenvalue weighted by molar-refractivity contribution is -0.385. The largest absolute Gasteiger partial charge is 0.480 e. The Labute approximate surface area is 109 Å². The molecule has 7 heteroatoms. The van der Waals surface area contributed by atoms with Crippen LogP contribution in [0.1, 0.15) is 18.9 Å². The van der Waals surface area contributed by atoms with Crippen LogP contribution < -0.4 is 4.90 Å². The average Bonchev–Trinajstić information content (AvgIpc) is 2.38. The number of nitro benzene ring substituents is 1. The monoisotopic (exact) mass is 263 g/mol. The zero-order valence-corrected chi connectivity index (χ0v) is 10.5. The molecule has 0 aliphatic rings. The molecule has 1 aromatic carbocycles. The Morgan fingerprint density at radius 2 is 2.26 bits per heavy atom. The van der Waals surface area contributed by atoms with Crippen LogP contribution in [0.5, 0.6) is 0 Å². The summed E-state index contributed by atoms with van der Waals surface area (Å²) in [6.45, 7) is 1.72. The third-order valence-corrected chi connectivity index (χ3v) is 2.85. The first-order valence-electron chi connectivity index (χ1n) is 5.56. The van der Waals surface area contributed by atoms with Crippen LogP contribution in [-0.2, 0) is 4.79 Å². The lowest BCUT2D eigenvalue weighted by atomic mass is 10.1. The highest BCUT2D eigenvalue weighted by Crippen LogP contribution is 2.26. The quantitative estimate of drug-likeness (QED) is 0.640. The molecule has 1 atom stereocenters. The van der Waals surface area contributed by atoms with Crippen LogP contribution in [0.2, 0.25) is 0 Å². The molecule has 0 spiro atoms. The van der Waals surface area contributed by atoms with E-state index in [0.717, 1.165) is 0 Å². The van der Waals surface area contributed by atoms with Gasteiger partial charge in [-0.25, -0.2) is 4.79 Å². The Bertz CT molecular complexity index is 550. The summed E-state index contributed by atoms with van der Waals surface area (Å²) in [6, 6.07) is 4.99. The van der Waals surface area contributed by atoms with Gasteiger partial charge in [-0.05, 0) is 18.6 Å². The van der Waals surface area contributed by atoms with Crippen molar-refractivity contribution in [1.82, 2.24) is 0 Å². The van der Waals surface area contributed by atoms with Crippen molar-refractivity contribution in [1.29, 1.82) is 5.26 Å². The van der Waals surface area contributed by atoms with Crippen LogP contribution in [0.4, 0.5) is 11.4 Å². The van der Waals surface area contributed by atoms with Gasteiger partial charge >= 0.3 is 5.97 Å². The molecule has 100 valence electrons. The molecule has 0 bridgehead atoms. The number of benzene rings is 1. The van der Waals surface area contributed by atoms with Gasteiger partial charge in [-0.3, -0.25) is 10.1 Å². The molecule has 1 unspecified atom stereocenters. The minimum Gasteiger partial charge on any atom is -0.480 e. The third kappa shape index (κ3) is 2.98. The first kappa shape index (κ1) is 14.4. The highest BCUT2D eigenvalue weighted by molar-refractivity contribution is 5.78. The molecule has 1 aromatic rings. The molecule has 0 heterocycles. The second kappa shape index (κ2) is 5.82. The topological polar surface area (TPSA) is 107 Å². The second-order valence-corrected chi connectivity index (χ2v) is 3.94. The van der Waals surface area contributed by atoms with Crippen molar-refractivity contribution in [2.45, 2.75) is 19.4 Å². The number of aliphatic carboxylic acids is 1. The van der Waals surface area contributed by atoms with Gasteiger partial charge in [0.2, 0.25) is 0 Å². The maximum atomic E-state index is 11.1. The van der Waals surface area contributed by atoms with Crippen molar-refractivity contribution in [2.24, 2.45) is 0 Å². The number of carboxylic acids is 1. The fraction of sp³-hybridized carbons (Fsp3) is 0.333. The van der Waals surface area contributed by atoms with Crippen LogP contribution in [0.25, 0.3) is 0 Å². The Morgan fingerprint density at radius 1 is 1.63 bits per heavy atom. The van der Waals surface area contributed by atoms with E-state index in [4.69, 9.17) is 10.4 Å². The molecule has 19 heavy (non-hydrogen) atoms. The first-order valence-corrected chi connectivity index (χ1v) is 5.56. The van der Waals surface area contributed by atoms with Gasteiger partial charge in [-0.15, -0.1) is 0 Å². The molecular formula is C12H13N3O4. The second-order valence-electron chi connectivity index (χ2n) is 3.94. The number of likely N-dealkylation sites (N-methyl/N-ethyl adjacent to an activating group) is 1. The van der Waals surface area contributed by atoms with Crippen molar-refractivity contribution in [3.63, 3.8) is 0 Å². The van der Waals surface area contributed by atoms with E-state index in [-0.39, 0.29) is 11.3 Å². The van der Waals surface area contributed by atoms with Crippen molar-refractivity contribution in [3.05, 3.63) is 33.9 Å². The summed E-state index contributed by atoms with van der Waals surface area (Å²) in [5, 5.41) is 28.7. The number of carbonyl (C=O) groups is 1. The number of hydrogen-bond acceptors (Lipinski definition) is 5. The van der Waals surface area contributed by atoms with Gasteiger partial charge in [0.15, 0.2) is 0 Å². The van der Waals surface area contributed by atoms with Gasteiger partial charge in [0, 0.05) is 18.8 Å². The van der Waals surface area contributed by atoms with E-state index < -0.39 is 16.9 Å². The molecule has 0 aromatic heterocycles. The molecule has 0 saturated carbocycles. The highest BCUT2D eigenvalue weighted by atomic mass is 16.6.